The van der Waals surface area contributed by atoms with Gasteiger partial charge in [-0.2, -0.15) is 0 Å². The zero-order valence-corrected chi connectivity index (χ0v) is 9.08. The molecule has 6 rings (SSSR count). The van der Waals surface area contributed by atoms with E-state index in [1.165, 1.54) is 6.42 Å². The minimum atomic E-state index is -0.231. The fourth-order valence-corrected chi connectivity index (χ4v) is 7.27. The summed E-state index contributed by atoms with van der Waals surface area (Å²) < 4.78 is 12.2. The third-order valence-corrected chi connectivity index (χ3v) is 7.08. The average molecular weight is 220 g/mol. The molecule has 3 nitrogen and oxygen atoms in total. The molecule has 0 aromatic heterocycles. The number of fused-ring (bicyclic) bond motifs is 4. The number of rotatable bonds is 0. The lowest BCUT2D eigenvalue weighted by Crippen LogP contribution is -2.59. The molecule has 0 radical (unpaired) electrons. The lowest BCUT2D eigenvalue weighted by atomic mass is 9.57. The van der Waals surface area contributed by atoms with Gasteiger partial charge in [0, 0.05) is 11.8 Å². The van der Waals surface area contributed by atoms with Crippen molar-refractivity contribution in [2.75, 3.05) is 13.2 Å². The first-order valence-corrected chi connectivity index (χ1v) is 6.80. The van der Waals surface area contributed by atoms with E-state index in [4.69, 9.17) is 9.47 Å². The lowest BCUT2D eigenvalue weighted by Gasteiger charge is -2.52. The zero-order valence-electron chi connectivity index (χ0n) is 9.08. The van der Waals surface area contributed by atoms with Crippen LogP contribution in [0.4, 0.5) is 0 Å². The second-order valence-corrected chi connectivity index (χ2v) is 6.83. The van der Waals surface area contributed by atoms with Gasteiger partial charge in [0.2, 0.25) is 0 Å². The van der Waals surface area contributed by atoms with Gasteiger partial charge in [0.25, 0.3) is 0 Å². The Bertz CT molecular complexity index is 402. The number of hydrogen-bond acceptors (Lipinski definition) is 3. The van der Waals surface area contributed by atoms with E-state index in [0.29, 0.717) is 23.7 Å². The van der Waals surface area contributed by atoms with Gasteiger partial charge in [-0.1, -0.05) is 0 Å². The predicted molar refractivity (Wildman–Crippen MR) is 53.2 cm³/mol. The molecule has 3 heteroatoms. The van der Waals surface area contributed by atoms with Crippen LogP contribution in [0, 0.1) is 47.3 Å². The molecule has 1 heterocycles. The Morgan fingerprint density at radius 1 is 0.875 bits per heavy atom. The van der Waals surface area contributed by atoms with E-state index in [2.05, 4.69) is 0 Å². The van der Waals surface area contributed by atoms with Crippen molar-refractivity contribution in [1.82, 2.24) is 0 Å². The van der Waals surface area contributed by atoms with Crippen LogP contribution in [0.2, 0.25) is 0 Å². The first kappa shape index (κ1) is 8.06. The Morgan fingerprint density at radius 2 is 1.69 bits per heavy atom. The average Bonchev–Trinajstić information content (AvgIpc) is 2.87. The topological polar surface area (TPSA) is 38.7 Å². The predicted octanol–water partition coefficient (Wildman–Crippen LogP) is 0.478. The zero-order chi connectivity index (χ0) is 10.2. The van der Waals surface area contributed by atoms with Crippen LogP contribution in [-0.2, 0) is 9.47 Å². The van der Waals surface area contributed by atoms with Crippen LogP contribution in [0.3, 0.4) is 0 Å². The monoisotopic (exact) mass is 220 g/mol. The van der Waals surface area contributed by atoms with Crippen molar-refractivity contribution in [2.45, 2.75) is 18.3 Å². The summed E-state index contributed by atoms with van der Waals surface area (Å²) in [4.78, 5) is 0. The van der Waals surface area contributed by atoms with Crippen LogP contribution in [0.5, 0.6) is 0 Å². The molecule has 0 amide bonds. The van der Waals surface area contributed by atoms with Gasteiger partial charge >= 0.3 is 0 Å². The molecule has 0 aromatic carbocycles. The third-order valence-electron chi connectivity index (χ3n) is 7.08. The fourth-order valence-electron chi connectivity index (χ4n) is 7.27. The van der Waals surface area contributed by atoms with Crippen LogP contribution < -0.4 is 0 Å². The summed E-state index contributed by atoms with van der Waals surface area (Å²) in [7, 11) is 0. The van der Waals surface area contributed by atoms with Crippen molar-refractivity contribution >= 4 is 0 Å². The van der Waals surface area contributed by atoms with Crippen LogP contribution >= 0.6 is 0 Å². The highest BCUT2D eigenvalue weighted by Crippen LogP contribution is 2.86. The number of aliphatic hydroxyl groups excluding tert-OH is 1. The largest absolute Gasteiger partial charge is 0.393 e. The second-order valence-electron chi connectivity index (χ2n) is 6.83. The molecule has 5 aliphatic carbocycles. The number of aliphatic hydroxyl groups is 1. The van der Waals surface area contributed by atoms with Crippen molar-refractivity contribution in [3.63, 3.8) is 0 Å². The van der Waals surface area contributed by atoms with Crippen molar-refractivity contribution in [3.05, 3.63) is 0 Å². The van der Waals surface area contributed by atoms with Gasteiger partial charge in [-0.3, -0.25) is 0 Å². The highest BCUT2D eigenvalue weighted by Gasteiger charge is 2.89. The van der Waals surface area contributed by atoms with Crippen LogP contribution in [-0.4, -0.2) is 30.2 Å². The molecular weight excluding hydrogens is 204 g/mol. The minimum absolute atomic E-state index is 0.0211. The quantitative estimate of drug-likeness (QED) is 0.645. The summed E-state index contributed by atoms with van der Waals surface area (Å²) in [5.41, 5.74) is 0. The van der Waals surface area contributed by atoms with Gasteiger partial charge in [-0.25, -0.2) is 0 Å². The SMILES string of the molecule is O[C@@H]1[C@@H]2[C@@H]3[C@@H]4C[C@H]5[C@H]3[C@@H]2C2(OCCO2)[C@H]5[C@H]14. The first-order chi connectivity index (χ1) is 7.84. The van der Waals surface area contributed by atoms with Crippen molar-refractivity contribution in [2.24, 2.45) is 47.3 Å². The maximum Gasteiger partial charge on any atom is 0.175 e. The molecule has 1 saturated heterocycles. The van der Waals surface area contributed by atoms with Crippen LogP contribution in [0.1, 0.15) is 6.42 Å². The summed E-state index contributed by atoms with van der Waals surface area (Å²) in [5.74, 6) is 5.26. The smallest absolute Gasteiger partial charge is 0.175 e. The van der Waals surface area contributed by atoms with E-state index in [1.54, 1.807) is 0 Å². The second kappa shape index (κ2) is 2.00. The van der Waals surface area contributed by atoms with Crippen LogP contribution in [0.15, 0.2) is 0 Å². The highest BCUT2D eigenvalue weighted by molar-refractivity contribution is 5.33. The molecule has 6 fully saturated rings. The molecule has 1 N–H and O–H groups in total. The molecule has 86 valence electrons. The third kappa shape index (κ3) is 0.485. The fraction of sp³-hybridized carbons (Fsp3) is 1.00. The highest BCUT2D eigenvalue weighted by atomic mass is 16.7. The molecule has 0 aromatic rings. The lowest BCUT2D eigenvalue weighted by molar-refractivity contribution is -0.277. The Morgan fingerprint density at radius 3 is 2.50 bits per heavy atom. The van der Waals surface area contributed by atoms with Gasteiger partial charge in [-0.15, -0.1) is 0 Å². The summed E-state index contributed by atoms with van der Waals surface area (Å²) in [6, 6.07) is 0. The van der Waals surface area contributed by atoms with Gasteiger partial charge < -0.3 is 14.6 Å². The van der Waals surface area contributed by atoms with Crippen molar-refractivity contribution in [3.8, 4) is 0 Å². The van der Waals surface area contributed by atoms with E-state index < -0.39 is 0 Å². The molecule has 6 aliphatic rings. The number of hydrogen-bond donors (Lipinski definition) is 1. The molecule has 0 unspecified atom stereocenters. The van der Waals surface area contributed by atoms with E-state index in [9.17, 15) is 5.11 Å². The van der Waals surface area contributed by atoms with Gasteiger partial charge in [0.15, 0.2) is 5.79 Å². The van der Waals surface area contributed by atoms with E-state index >= 15 is 0 Å². The minimum Gasteiger partial charge on any atom is -0.393 e. The van der Waals surface area contributed by atoms with Gasteiger partial charge in [0.05, 0.1) is 19.3 Å². The summed E-state index contributed by atoms with van der Waals surface area (Å²) in [5, 5.41) is 10.4. The van der Waals surface area contributed by atoms with E-state index in [1.807, 2.05) is 0 Å². The Hall–Kier alpha value is -0.120. The normalized spacial score (nSPS) is 74.4. The van der Waals surface area contributed by atoms with E-state index in [0.717, 1.165) is 36.9 Å². The van der Waals surface area contributed by atoms with E-state index in [-0.39, 0.29) is 11.9 Å². The van der Waals surface area contributed by atoms with Gasteiger partial charge in [-0.05, 0) is 41.9 Å². The summed E-state index contributed by atoms with van der Waals surface area (Å²) in [6.07, 6.45) is 1.34. The first-order valence-electron chi connectivity index (χ1n) is 6.80. The molecule has 1 aliphatic heterocycles. The Balaban J connectivity index is 1.64. The van der Waals surface area contributed by atoms with Crippen molar-refractivity contribution < 1.29 is 14.6 Å². The summed E-state index contributed by atoms with van der Waals surface area (Å²) >= 11 is 0. The van der Waals surface area contributed by atoms with Crippen molar-refractivity contribution in [1.29, 1.82) is 0 Å². The molecule has 2 bridgehead atoms. The molecule has 1 spiro atoms. The molecular formula is C13H16O3. The Kier molecular flexibility index (Phi) is 1.01. The summed E-state index contributed by atoms with van der Waals surface area (Å²) in [6.45, 7) is 1.55. The Labute approximate surface area is 94.1 Å². The maximum absolute atomic E-state index is 10.4. The standard InChI is InChI=1S/C13H16O3/c14-12-8-4-3-5-7-6(4)9(12)11(7)13(10(5)8)15-1-2-16-13/h4-12,14H,1-3H2/t4-,5-,6+,7+,8+,9+,10+,11-,12-/m0/s1. The number of ether oxygens (including phenoxy) is 2. The van der Waals surface area contributed by atoms with Crippen LogP contribution in [0.25, 0.3) is 0 Å². The molecule has 16 heavy (non-hydrogen) atoms. The maximum atomic E-state index is 10.4. The molecule has 5 saturated carbocycles. The van der Waals surface area contributed by atoms with Gasteiger partial charge in [0.1, 0.15) is 0 Å². The molecule has 9 atom stereocenters.